The van der Waals surface area contributed by atoms with E-state index in [0.717, 1.165) is 5.92 Å². The second-order valence-electron chi connectivity index (χ2n) is 3.99. The number of hydrogen-bond acceptors (Lipinski definition) is 0. The van der Waals surface area contributed by atoms with Crippen molar-refractivity contribution in [1.29, 1.82) is 0 Å². The summed E-state index contributed by atoms with van der Waals surface area (Å²) in [7, 11) is 0. The van der Waals surface area contributed by atoms with E-state index in [1.165, 1.54) is 19.3 Å². The fourth-order valence-corrected chi connectivity index (χ4v) is 1.27. The van der Waals surface area contributed by atoms with Gasteiger partial charge in [-0.1, -0.05) is 34.6 Å². The average molecular weight is 128 g/mol. The van der Waals surface area contributed by atoms with E-state index < -0.39 is 0 Å². The molecule has 0 saturated heterocycles. The van der Waals surface area contributed by atoms with Crippen molar-refractivity contribution >= 4 is 0 Å². The fourth-order valence-electron chi connectivity index (χ4n) is 1.27. The van der Waals surface area contributed by atoms with Crippen LogP contribution in [0.15, 0.2) is 0 Å². The molecule has 0 spiro atoms. The van der Waals surface area contributed by atoms with Crippen molar-refractivity contribution in [1.82, 2.24) is 0 Å². The Bertz CT molecular complexity index is 72.5. The second-order valence-corrected chi connectivity index (χ2v) is 3.99. The van der Waals surface area contributed by atoms with Crippen molar-refractivity contribution in [3.05, 3.63) is 0 Å². The fraction of sp³-hybridized carbons (Fsp3) is 1.00. The Balaban J connectivity index is 0.000000640. The summed E-state index contributed by atoms with van der Waals surface area (Å²) >= 11 is 0. The van der Waals surface area contributed by atoms with Crippen molar-refractivity contribution in [2.24, 2.45) is 11.3 Å². The Morgan fingerprint density at radius 2 is 1.56 bits per heavy atom. The van der Waals surface area contributed by atoms with Crippen molar-refractivity contribution in [3.8, 4) is 0 Å². The lowest BCUT2D eigenvalue weighted by atomic mass is 9.69. The van der Waals surface area contributed by atoms with Gasteiger partial charge in [-0.2, -0.15) is 0 Å². The number of hydrogen-bond donors (Lipinski definition) is 0. The quantitative estimate of drug-likeness (QED) is 0.468. The Hall–Kier alpha value is 0. The Morgan fingerprint density at radius 3 is 1.56 bits per heavy atom. The van der Waals surface area contributed by atoms with Crippen molar-refractivity contribution < 1.29 is 0 Å². The van der Waals surface area contributed by atoms with Gasteiger partial charge in [0, 0.05) is 0 Å². The van der Waals surface area contributed by atoms with E-state index in [9.17, 15) is 0 Å². The van der Waals surface area contributed by atoms with Crippen LogP contribution in [-0.2, 0) is 0 Å². The maximum absolute atomic E-state index is 2.34. The zero-order valence-electron chi connectivity index (χ0n) is 6.20. The third-order valence-corrected chi connectivity index (χ3v) is 2.33. The van der Waals surface area contributed by atoms with Crippen molar-refractivity contribution in [2.75, 3.05) is 0 Å². The van der Waals surface area contributed by atoms with E-state index in [2.05, 4.69) is 20.8 Å². The third kappa shape index (κ3) is 2.00. The van der Waals surface area contributed by atoms with Gasteiger partial charge in [0.1, 0.15) is 0 Å². The Morgan fingerprint density at radius 1 is 1.11 bits per heavy atom. The first-order valence-corrected chi connectivity index (χ1v) is 3.61. The molecule has 1 aliphatic carbocycles. The first kappa shape index (κ1) is 9.00. The molecule has 1 saturated carbocycles. The summed E-state index contributed by atoms with van der Waals surface area (Å²) in [5.41, 5.74) is 0.595. The van der Waals surface area contributed by atoms with Crippen LogP contribution in [0.4, 0.5) is 0 Å². The van der Waals surface area contributed by atoms with E-state index in [0.29, 0.717) is 5.41 Å². The van der Waals surface area contributed by atoms with Gasteiger partial charge in [0.2, 0.25) is 0 Å². The van der Waals surface area contributed by atoms with Crippen LogP contribution in [0.1, 0.15) is 47.5 Å². The van der Waals surface area contributed by atoms with E-state index in [1.807, 2.05) is 0 Å². The van der Waals surface area contributed by atoms with E-state index in [1.54, 1.807) is 0 Å². The summed E-state index contributed by atoms with van der Waals surface area (Å²) in [6, 6.07) is 0. The molecule has 1 fully saturated rings. The van der Waals surface area contributed by atoms with Gasteiger partial charge in [-0.15, -0.1) is 0 Å². The highest BCUT2D eigenvalue weighted by Gasteiger charge is 2.29. The Kier molecular flexibility index (Phi) is 2.72. The van der Waals surface area contributed by atoms with Crippen LogP contribution in [0.5, 0.6) is 0 Å². The molecule has 0 heterocycles. The standard InChI is InChI=1S/C8H16.CH4/c1-8(2,3)7-5-4-6-7;/h7H,4-6H2,1-3H3;1H4. The SMILES string of the molecule is C.CC(C)(C)C1CCC1. The Labute approximate surface area is 59.7 Å². The van der Waals surface area contributed by atoms with Crippen LogP contribution in [0.3, 0.4) is 0 Å². The molecule has 0 amide bonds. The minimum Gasteiger partial charge on any atom is -0.0776 e. The van der Waals surface area contributed by atoms with Gasteiger partial charge in [-0.05, 0) is 24.2 Å². The highest BCUT2D eigenvalue weighted by Crippen LogP contribution is 2.40. The highest BCUT2D eigenvalue weighted by atomic mass is 14.3. The summed E-state index contributed by atoms with van der Waals surface area (Å²) in [5, 5.41) is 0. The molecular weight excluding hydrogens is 108 g/mol. The monoisotopic (exact) mass is 128 g/mol. The first-order chi connectivity index (χ1) is 3.61. The molecule has 0 aromatic carbocycles. The third-order valence-electron chi connectivity index (χ3n) is 2.33. The van der Waals surface area contributed by atoms with Gasteiger partial charge in [0.05, 0.1) is 0 Å². The lowest BCUT2D eigenvalue weighted by Crippen LogP contribution is -2.26. The molecule has 0 unspecified atom stereocenters. The topological polar surface area (TPSA) is 0 Å². The largest absolute Gasteiger partial charge is 0.0776 e. The van der Waals surface area contributed by atoms with Gasteiger partial charge in [0.15, 0.2) is 0 Å². The molecule has 0 heteroatoms. The summed E-state index contributed by atoms with van der Waals surface area (Å²) in [5.74, 6) is 1.03. The summed E-state index contributed by atoms with van der Waals surface area (Å²) in [4.78, 5) is 0. The van der Waals surface area contributed by atoms with Crippen LogP contribution < -0.4 is 0 Å². The number of rotatable bonds is 0. The van der Waals surface area contributed by atoms with Crippen LogP contribution in [0.2, 0.25) is 0 Å². The molecule has 0 aromatic rings. The minimum atomic E-state index is 0. The maximum Gasteiger partial charge on any atom is -0.0354 e. The molecule has 56 valence electrons. The molecule has 0 radical (unpaired) electrons. The predicted molar refractivity (Wildman–Crippen MR) is 43.5 cm³/mol. The first-order valence-electron chi connectivity index (χ1n) is 3.61. The van der Waals surface area contributed by atoms with Crippen LogP contribution in [0.25, 0.3) is 0 Å². The van der Waals surface area contributed by atoms with Crippen LogP contribution >= 0.6 is 0 Å². The summed E-state index contributed by atoms with van der Waals surface area (Å²) < 4.78 is 0. The molecule has 1 aliphatic rings. The molecule has 9 heavy (non-hydrogen) atoms. The molecule has 0 aliphatic heterocycles. The molecule has 0 nitrogen and oxygen atoms in total. The minimum absolute atomic E-state index is 0. The van der Waals surface area contributed by atoms with E-state index >= 15 is 0 Å². The molecule has 0 bridgehead atoms. The van der Waals surface area contributed by atoms with E-state index in [-0.39, 0.29) is 7.43 Å². The molecule has 0 N–H and O–H groups in total. The highest BCUT2D eigenvalue weighted by molar-refractivity contribution is 4.80. The van der Waals surface area contributed by atoms with Crippen LogP contribution in [0, 0.1) is 11.3 Å². The van der Waals surface area contributed by atoms with Crippen LogP contribution in [-0.4, -0.2) is 0 Å². The van der Waals surface area contributed by atoms with Gasteiger partial charge < -0.3 is 0 Å². The molecule has 0 atom stereocenters. The average Bonchev–Trinajstić information content (AvgIpc) is 1.16. The zero-order valence-corrected chi connectivity index (χ0v) is 6.20. The summed E-state index contributed by atoms with van der Waals surface area (Å²) in [6.07, 6.45) is 4.43. The molecular formula is C9H20. The normalized spacial score (nSPS) is 20.3. The molecule has 0 aromatic heterocycles. The van der Waals surface area contributed by atoms with Gasteiger partial charge in [-0.3, -0.25) is 0 Å². The van der Waals surface area contributed by atoms with Gasteiger partial charge in [0.25, 0.3) is 0 Å². The second kappa shape index (κ2) is 2.72. The summed E-state index contributed by atoms with van der Waals surface area (Å²) in [6.45, 7) is 7.03. The maximum atomic E-state index is 2.34. The lowest BCUT2D eigenvalue weighted by Gasteiger charge is -2.37. The van der Waals surface area contributed by atoms with Gasteiger partial charge in [-0.25, -0.2) is 0 Å². The molecule has 1 rings (SSSR count). The smallest absolute Gasteiger partial charge is 0.0354 e. The van der Waals surface area contributed by atoms with Crippen molar-refractivity contribution in [2.45, 2.75) is 47.5 Å². The van der Waals surface area contributed by atoms with Gasteiger partial charge >= 0.3 is 0 Å². The van der Waals surface area contributed by atoms with E-state index in [4.69, 9.17) is 0 Å². The zero-order chi connectivity index (χ0) is 6.20. The lowest BCUT2D eigenvalue weighted by molar-refractivity contribution is 0.141. The predicted octanol–water partition coefficient (Wildman–Crippen LogP) is 3.47. The van der Waals surface area contributed by atoms with Crippen molar-refractivity contribution in [3.63, 3.8) is 0 Å².